The molecule has 0 unspecified atom stereocenters. The van der Waals surface area contributed by atoms with Crippen LogP contribution in [0.4, 0.5) is 0 Å². The van der Waals surface area contributed by atoms with E-state index in [2.05, 4.69) is 19.1 Å². The van der Waals surface area contributed by atoms with Gasteiger partial charge in [-0.25, -0.2) is 0 Å². The van der Waals surface area contributed by atoms with Crippen molar-refractivity contribution in [3.63, 3.8) is 0 Å². The molecule has 0 heterocycles. The molecule has 0 nitrogen and oxygen atoms in total. The van der Waals surface area contributed by atoms with Crippen LogP contribution in [0.2, 0.25) is 0 Å². The minimum absolute atomic E-state index is 0. The zero-order chi connectivity index (χ0) is 4.41. The molecule has 0 aromatic carbocycles. The van der Waals surface area contributed by atoms with E-state index in [9.17, 15) is 0 Å². The van der Waals surface area contributed by atoms with Crippen molar-refractivity contribution in [2.24, 2.45) is 5.92 Å². The number of hydrogen-bond donors (Lipinski definition) is 0. The van der Waals surface area contributed by atoms with Gasteiger partial charge >= 0.3 is 23.1 Å². The summed E-state index contributed by atoms with van der Waals surface area (Å²) in [4.78, 5) is 0. The van der Waals surface area contributed by atoms with Crippen LogP contribution in [0, 0.1) is 12.0 Å². The molecule has 0 saturated heterocycles. The summed E-state index contributed by atoms with van der Waals surface area (Å²) in [6.45, 7) is 2.20. The molecule has 42 valence electrons. The molecule has 0 aromatic rings. The molecule has 0 amide bonds. The van der Waals surface area contributed by atoms with Gasteiger partial charge in [-0.2, -0.15) is 5.92 Å². The third-order valence-electron chi connectivity index (χ3n) is 1.15. The fraction of sp³-hybridized carbons (Fsp3) is 0.667. The van der Waals surface area contributed by atoms with Gasteiger partial charge in [0.1, 0.15) is 0 Å². The van der Waals surface area contributed by atoms with Crippen LogP contribution in [-0.2, 0) is 0 Å². The number of hydrogen-bond acceptors (Lipinski definition) is 0. The molecule has 2 heteroatoms. The maximum atomic E-state index is 3.19. The SMILES string of the molecule is C[C@H]1[C-]=CCC1.[Cl-].[Mg+2]. The van der Waals surface area contributed by atoms with Crippen LogP contribution < -0.4 is 12.4 Å². The monoisotopic (exact) mass is 140 g/mol. The standard InChI is InChI=1S/C6H9.ClH.Mg/c1-6-4-2-3-5-6;;/h2,6H,3,5H2,1H3;1H;/q-1;;+2/p-1/t6-;;/m0../s1. The Morgan fingerprint density at radius 1 is 1.62 bits per heavy atom. The van der Waals surface area contributed by atoms with E-state index in [0.29, 0.717) is 0 Å². The molecule has 1 aliphatic carbocycles. The Balaban J connectivity index is 0. The Labute approximate surface area is 73.3 Å². The van der Waals surface area contributed by atoms with Gasteiger partial charge in [-0.15, -0.1) is 0 Å². The molecule has 0 aliphatic heterocycles. The van der Waals surface area contributed by atoms with Crippen molar-refractivity contribution in [1.82, 2.24) is 0 Å². The molecule has 0 spiro atoms. The number of halogens is 1. The molecule has 0 radical (unpaired) electrons. The van der Waals surface area contributed by atoms with Gasteiger partial charge < -0.3 is 18.5 Å². The van der Waals surface area contributed by atoms with Gasteiger partial charge in [-0.3, -0.25) is 6.08 Å². The van der Waals surface area contributed by atoms with Gasteiger partial charge in [0.05, 0.1) is 0 Å². The second kappa shape index (κ2) is 5.92. The summed E-state index contributed by atoms with van der Waals surface area (Å²) in [6.07, 6.45) is 7.89. The molecule has 0 aromatic heterocycles. The van der Waals surface area contributed by atoms with Crippen LogP contribution in [0.5, 0.6) is 0 Å². The topological polar surface area (TPSA) is 0 Å². The van der Waals surface area contributed by atoms with Crippen LogP contribution in [0.25, 0.3) is 0 Å². The Morgan fingerprint density at radius 2 is 2.25 bits per heavy atom. The smallest absolute Gasteiger partial charge is 1.00 e. The van der Waals surface area contributed by atoms with E-state index in [4.69, 9.17) is 0 Å². The van der Waals surface area contributed by atoms with E-state index in [0.717, 1.165) is 5.92 Å². The van der Waals surface area contributed by atoms with Gasteiger partial charge in [-0.05, 0) is 0 Å². The van der Waals surface area contributed by atoms with Crippen LogP contribution in [0.3, 0.4) is 0 Å². The first-order valence-electron chi connectivity index (χ1n) is 2.47. The van der Waals surface area contributed by atoms with Gasteiger partial charge in [-0.1, -0.05) is 19.8 Å². The summed E-state index contributed by atoms with van der Waals surface area (Å²) in [5, 5.41) is 0. The second-order valence-electron chi connectivity index (χ2n) is 1.85. The van der Waals surface area contributed by atoms with E-state index >= 15 is 0 Å². The third kappa shape index (κ3) is 3.76. The molecular formula is C6H9ClMg. The summed E-state index contributed by atoms with van der Waals surface area (Å²) in [5.41, 5.74) is 0. The average Bonchev–Trinajstić information content (AvgIpc) is 1.86. The van der Waals surface area contributed by atoms with E-state index in [-0.39, 0.29) is 35.5 Å². The second-order valence-corrected chi connectivity index (χ2v) is 1.85. The molecule has 0 bridgehead atoms. The van der Waals surface area contributed by atoms with Crippen LogP contribution in [0.1, 0.15) is 19.8 Å². The van der Waals surface area contributed by atoms with Crippen molar-refractivity contribution < 1.29 is 12.4 Å². The summed E-state index contributed by atoms with van der Waals surface area (Å²) in [6, 6.07) is 0. The predicted molar refractivity (Wildman–Crippen MR) is 32.0 cm³/mol. The van der Waals surface area contributed by atoms with Crippen LogP contribution >= 0.6 is 0 Å². The van der Waals surface area contributed by atoms with Crippen molar-refractivity contribution in [1.29, 1.82) is 0 Å². The molecule has 0 N–H and O–H groups in total. The van der Waals surface area contributed by atoms with Crippen molar-refractivity contribution in [3.8, 4) is 0 Å². The van der Waals surface area contributed by atoms with Crippen molar-refractivity contribution in [2.75, 3.05) is 0 Å². The molecule has 1 rings (SSSR count). The first kappa shape index (κ1) is 11.6. The van der Waals surface area contributed by atoms with Crippen molar-refractivity contribution in [2.45, 2.75) is 19.8 Å². The molecule has 1 atom stereocenters. The third-order valence-corrected chi connectivity index (χ3v) is 1.15. The van der Waals surface area contributed by atoms with E-state index in [1.165, 1.54) is 12.8 Å². The zero-order valence-corrected chi connectivity index (χ0v) is 7.32. The quantitative estimate of drug-likeness (QED) is 0.281. The van der Waals surface area contributed by atoms with E-state index < -0.39 is 0 Å². The molecular weight excluding hydrogens is 132 g/mol. The van der Waals surface area contributed by atoms with Crippen molar-refractivity contribution >= 4 is 23.1 Å². The van der Waals surface area contributed by atoms with Crippen LogP contribution in [0.15, 0.2) is 6.08 Å². The molecule has 8 heavy (non-hydrogen) atoms. The average molecular weight is 141 g/mol. The largest absolute Gasteiger partial charge is 2.00 e. The number of rotatable bonds is 0. The summed E-state index contributed by atoms with van der Waals surface area (Å²) in [7, 11) is 0. The van der Waals surface area contributed by atoms with Gasteiger partial charge in [0.15, 0.2) is 0 Å². The number of allylic oxidation sites excluding steroid dienone is 2. The fourth-order valence-electron chi connectivity index (χ4n) is 0.701. The fourth-order valence-corrected chi connectivity index (χ4v) is 0.701. The first-order chi connectivity index (χ1) is 2.89. The Morgan fingerprint density at radius 3 is 2.38 bits per heavy atom. The minimum Gasteiger partial charge on any atom is -1.00 e. The molecule has 0 fully saturated rings. The maximum absolute atomic E-state index is 3.19. The first-order valence-corrected chi connectivity index (χ1v) is 2.47. The van der Waals surface area contributed by atoms with Gasteiger partial charge in [0.2, 0.25) is 0 Å². The summed E-state index contributed by atoms with van der Waals surface area (Å²) >= 11 is 0. The van der Waals surface area contributed by atoms with Gasteiger partial charge in [0.25, 0.3) is 0 Å². The van der Waals surface area contributed by atoms with Crippen molar-refractivity contribution in [3.05, 3.63) is 12.2 Å². The minimum atomic E-state index is 0. The summed E-state index contributed by atoms with van der Waals surface area (Å²) in [5.74, 6) is 0.741. The predicted octanol–water partition coefficient (Wildman–Crippen LogP) is -1.60. The maximum Gasteiger partial charge on any atom is 2.00 e. The molecule has 0 saturated carbocycles. The Hall–Kier alpha value is 0.796. The normalized spacial score (nSPS) is 23.9. The van der Waals surface area contributed by atoms with Crippen LogP contribution in [-0.4, -0.2) is 23.1 Å². The van der Waals surface area contributed by atoms with E-state index in [1.807, 2.05) is 0 Å². The Kier molecular flexibility index (Phi) is 8.57. The zero-order valence-electron chi connectivity index (χ0n) is 5.15. The van der Waals surface area contributed by atoms with E-state index in [1.54, 1.807) is 0 Å². The molecule has 1 aliphatic rings. The van der Waals surface area contributed by atoms with Gasteiger partial charge in [0, 0.05) is 0 Å². The Bertz CT molecular complexity index is 70.9. The summed E-state index contributed by atoms with van der Waals surface area (Å²) < 4.78 is 0.